The highest BCUT2D eigenvalue weighted by molar-refractivity contribution is 7.89. The van der Waals surface area contributed by atoms with Crippen molar-refractivity contribution in [3.63, 3.8) is 0 Å². The van der Waals surface area contributed by atoms with Gasteiger partial charge in [-0.05, 0) is 36.2 Å². The molecule has 1 aliphatic rings. The molecule has 2 amide bonds. The average Bonchev–Trinajstić information content (AvgIpc) is 2.71. The zero-order valence-corrected chi connectivity index (χ0v) is 17.7. The van der Waals surface area contributed by atoms with E-state index in [0.717, 1.165) is 9.87 Å². The Labute approximate surface area is 175 Å². The number of amides is 2. The summed E-state index contributed by atoms with van der Waals surface area (Å²) in [6.07, 6.45) is 0. The number of likely N-dealkylation sites (N-methyl/N-ethyl adjacent to an activating group) is 1. The van der Waals surface area contributed by atoms with Crippen LogP contribution in [0.15, 0.2) is 41.3 Å². The number of hydrogen-bond donors (Lipinski definition) is 2. The second kappa shape index (κ2) is 8.72. The van der Waals surface area contributed by atoms with E-state index in [0.29, 0.717) is 17.0 Å². The predicted octanol–water partition coefficient (Wildman–Crippen LogP) is 1.27. The molecule has 0 spiro atoms. The van der Waals surface area contributed by atoms with Crippen LogP contribution >= 0.6 is 0 Å². The fraction of sp³-hybridized carbons (Fsp3) is 0.300. The lowest BCUT2D eigenvalue weighted by atomic mass is 10.2. The van der Waals surface area contributed by atoms with Crippen molar-refractivity contribution >= 4 is 27.5 Å². The number of sulfonamides is 1. The van der Waals surface area contributed by atoms with Crippen LogP contribution in [0.3, 0.4) is 0 Å². The first-order valence-electron chi connectivity index (χ1n) is 9.14. The van der Waals surface area contributed by atoms with Crippen LogP contribution in [-0.4, -0.2) is 51.8 Å². The summed E-state index contributed by atoms with van der Waals surface area (Å²) in [6.45, 7) is 1.36. The van der Waals surface area contributed by atoms with Crippen LogP contribution in [-0.2, 0) is 26.2 Å². The van der Waals surface area contributed by atoms with E-state index in [9.17, 15) is 18.0 Å². The largest absolute Gasteiger partial charge is 0.497 e. The highest BCUT2D eigenvalue weighted by Crippen LogP contribution is 2.33. The summed E-state index contributed by atoms with van der Waals surface area (Å²) in [5.41, 5.74) is 1.71. The van der Waals surface area contributed by atoms with Gasteiger partial charge in [-0.1, -0.05) is 12.1 Å². The molecule has 0 radical (unpaired) electrons. The van der Waals surface area contributed by atoms with Crippen molar-refractivity contribution in [1.82, 2.24) is 9.62 Å². The zero-order chi connectivity index (χ0) is 21.9. The van der Waals surface area contributed by atoms with Crippen molar-refractivity contribution in [1.29, 1.82) is 0 Å². The van der Waals surface area contributed by atoms with Gasteiger partial charge in [0.05, 0.1) is 24.2 Å². The average molecular weight is 433 g/mol. The molecular weight excluding hydrogens is 410 g/mol. The van der Waals surface area contributed by atoms with Crippen molar-refractivity contribution in [2.45, 2.75) is 18.4 Å². The van der Waals surface area contributed by atoms with E-state index in [1.165, 1.54) is 19.2 Å². The quantitative estimate of drug-likeness (QED) is 0.680. The van der Waals surface area contributed by atoms with Crippen LogP contribution < -0.4 is 20.1 Å². The van der Waals surface area contributed by atoms with Gasteiger partial charge in [0.2, 0.25) is 15.9 Å². The van der Waals surface area contributed by atoms with Crippen molar-refractivity contribution in [3.05, 3.63) is 47.5 Å². The third-order valence-electron chi connectivity index (χ3n) is 4.61. The number of carbonyl (C=O) groups is 2. The first kappa shape index (κ1) is 21.6. The van der Waals surface area contributed by atoms with Gasteiger partial charge in [0, 0.05) is 19.7 Å². The van der Waals surface area contributed by atoms with Gasteiger partial charge in [-0.25, -0.2) is 8.42 Å². The number of ether oxygens (including phenoxy) is 2. The highest BCUT2D eigenvalue weighted by atomic mass is 32.2. The van der Waals surface area contributed by atoms with Crippen molar-refractivity contribution < 1.29 is 27.5 Å². The van der Waals surface area contributed by atoms with Crippen LogP contribution in [0, 0.1) is 6.92 Å². The topological polar surface area (TPSA) is 114 Å². The first-order chi connectivity index (χ1) is 14.2. The van der Waals surface area contributed by atoms with E-state index >= 15 is 0 Å². The molecule has 30 heavy (non-hydrogen) atoms. The smallest absolute Gasteiger partial charge is 0.262 e. The Hall–Kier alpha value is -3.11. The molecule has 9 nitrogen and oxygen atoms in total. The van der Waals surface area contributed by atoms with E-state index in [2.05, 4.69) is 10.6 Å². The van der Waals surface area contributed by atoms with Crippen LogP contribution in [0.5, 0.6) is 11.5 Å². The van der Waals surface area contributed by atoms with E-state index in [1.54, 1.807) is 26.2 Å². The van der Waals surface area contributed by atoms with Crippen LogP contribution in [0.25, 0.3) is 0 Å². The van der Waals surface area contributed by atoms with Gasteiger partial charge in [0.15, 0.2) is 6.61 Å². The second-order valence-electron chi connectivity index (χ2n) is 6.84. The Morgan fingerprint density at radius 1 is 1.27 bits per heavy atom. The lowest BCUT2D eigenvalue weighted by Gasteiger charge is -2.22. The molecule has 0 bridgehead atoms. The van der Waals surface area contributed by atoms with E-state index in [4.69, 9.17) is 9.47 Å². The molecular formula is C20H23N3O6S. The molecule has 0 aliphatic carbocycles. The fourth-order valence-corrected chi connectivity index (χ4v) is 4.29. The monoisotopic (exact) mass is 433 g/mol. The number of aryl methyl sites for hydroxylation is 1. The SMILES string of the molecule is COc1ccc(CNC(=O)CN(C)S(=O)(=O)c2cc3c(cc2C)NC(=O)CO3)cc1. The number of rotatable bonds is 7. The molecule has 2 N–H and O–H groups in total. The number of benzene rings is 2. The molecule has 160 valence electrons. The predicted molar refractivity (Wildman–Crippen MR) is 110 cm³/mol. The number of nitrogens with zero attached hydrogens (tertiary/aromatic N) is 1. The fourth-order valence-electron chi connectivity index (χ4n) is 2.95. The molecule has 1 aliphatic heterocycles. The summed E-state index contributed by atoms with van der Waals surface area (Å²) in [4.78, 5) is 23.7. The van der Waals surface area contributed by atoms with Crippen LogP contribution in [0.1, 0.15) is 11.1 Å². The minimum atomic E-state index is -3.94. The molecule has 0 unspecified atom stereocenters. The van der Waals surface area contributed by atoms with Crippen molar-refractivity contribution in [2.24, 2.45) is 0 Å². The van der Waals surface area contributed by atoms with Gasteiger partial charge in [-0.2, -0.15) is 4.31 Å². The first-order valence-corrected chi connectivity index (χ1v) is 10.6. The molecule has 10 heteroatoms. The maximum Gasteiger partial charge on any atom is 0.262 e. The Morgan fingerprint density at radius 2 is 1.97 bits per heavy atom. The van der Waals surface area contributed by atoms with E-state index in [-0.39, 0.29) is 36.2 Å². The summed E-state index contributed by atoms with van der Waals surface area (Å²) in [5, 5.41) is 5.34. The summed E-state index contributed by atoms with van der Waals surface area (Å²) in [6, 6.07) is 10.1. The van der Waals surface area contributed by atoms with Crippen LogP contribution in [0.2, 0.25) is 0 Å². The third kappa shape index (κ3) is 4.71. The zero-order valence-electron chi connectivity index (χ0n) is 16.9. The molecule has 2 aromatic rings. The molecule has 0 saturated heterocycles. The Kier molecular flexibility index (Phi) is 6.28. The van der Waals surface area contributed by atoms with Gasteiger partial charge in [-0.15, -0.1) is 0 Å². The second-order valence-corrected chi connectivity index (χ2v) is 8.85. The maximum absolute atomic E-state index is 13.0. The molecule has 0 saturated carbocycles. The van der Waals surface area contributed by atoms with E-state index < -0.39 is 15.9 Å². The molecule has 1 heterocycles. The minimum Gasteiger partial charge on any atom is -0.497 e. The number of anilines is 1. The molecule has 0 fully saturated rings. The number of fused-ring (bicyclic) bond motifs is 1. The number of nitrogens with one attached hydrogen (secondary N) is 2. The van der Waals surface area contributed by atoms with Gasteiger partial charge >= 0.3 is 0 Å². The number of hydrogen-bond acceptors (Lipinski definition) is 6. The van der Waals surface area contributed by atoms with Crippen LogP contribution in [0.4, 0.5) is 5.69 Å². The normalized spacial score (nSPS) is 13.3. The minimum absolute atomic E-state index is 0.0165. The standard InChI is InChI=1S/C20H23N3O6S/c1-13-8-16-17(29-12-20(25)22-16)9-18(13)30(26,27)23(2)11-19(24)21-10-14-4-6-15(28-3)7-5-14/h4-9H,10-12H2,1-3H3,(H,21,24)(H,22,25). The lowest BCUT2D eigenvalue weighted by molar-refractivity contribution is -0.121. The van der Waals surface area contributed by atoms with Gasteiger partial charge in [0.25, 0.3) is 5.91 Å². The Morgan fingerprint density at radius 3 is 2.63 bits per heavy atom. The molecule has 0 atom stereocenters. The van der Waals surface area contributed by atoms with Gasteiger partial charge in [-0.3, -0.25) is 9.59 Å². The molecule has 0 aromatic heterocycles. The number of methoxy groups -OCH3 is 1. The van der Waals surface area contributed by atoms with Crippen molar-refractivity contribution in [2.75, 3.05) is 32.6 Å². The third-order valence-corrected chi connectivity index (χ3v) is 6.56. The van der Waals surface area contributed by atoms with Crippen molar-refractivity contribution in [3.8, 4) is 11.5 Å². The number of carbonyl (C=O) groups excluding carboxylic acids is 2. The highest BCUT2D eigenvalue weighted by Gasteiger charge is 2.28. The maximum atomic E-state index is 13.0. The van der Waals surface area contributed by atoms with Gasteiger partial charge in [0.1, 0.15) is 11.5 Å². The summed E-state index contributed by atoms with van der Waals surface area (Å²) < 4.78 is 37.3. The Bertz CT molecular complexity index is 1070. The summed E-state index contributed by atoms with van der Waals surface area (Å²) in [7, 11) is -1.03. The Balaban J connectivity index is 1.67. The molecule has 3 rings (SSSR count). The van der Waals surface area contributed by atoms with E-state index in [1.807, 2.05) is 12.1 Å². The lowest BCUT2D eigenvalue weighted by Crippen LogP contribution is -2.38. The summed E-state index contributed by atoms with van der Waals surface area (Å²) in [5.74, 6) is 0.246. The van der Waals surface area contributed by atoms with Gasteiger partial charge < -0.3 is 20.1 Å². The molecule has 2 aromatic carbocycles. The summed E-state index contributed by atoms with van der Waals surface area (Å²) >= 11 is 0.